The molecule has 0 fully saturated rings. The third kappa shape index (κ3) is 14.6. The highest BCUT2D eigenvalue weighted by molar-refractivity contribution is 5.78. The number of hydrogen-bond donors (Lipinski definition) is 0. The molecule has 2 nitrogen and oxygen atoms in total. The fraction of sp³-hybridized carbons (Fsp3) is 0.583. The van der Waals surface area contributed by atoms with Crippen LogP contribution in [-0.4, -0.2) is 11.6 Å². The average molecular weight is 357 g/mol. The lowest BCUT2D eigenvalue weighted by Crippen LogP contribution is -1.96. The van der Waals surface area contributed by atoms with Crippen molar-refractivity contribution in [3.05, 3.63) is 48.6 Å². The molecule has 0 amide bonds. The van der Waals surface area contributed by atoms with Gasteiger partial charge in [-0.25, -0.2) is 0 Å². The molecule has 144 valence electrons. The molecule has 0 atom stereocenters. The topological polar surface area (TPSA) is 34.1 Å². The maximum Gasteiger partial charge on any atom is 0.133 e. The summed E-state index contributed by atoms with van der Waals surface area (Å²) in [5, 5.41) is 0. The molecule has 2 aliphatic carbocycles. The standard InChI is InChI=1S/2C12H18O/c2*13-12-10-8-6-4-2-1-3-5-7-9-11-12/h2*2,4-5,7H,1,3,6,8-11H2/b2*4-2+,7-5-. The quantitative estimate of drug-likeness (QED) is 0.446. The van der Waals surface area contributed by atoms with Gasteiger partial charge in [-0.1, -0.05) is 48.6 Å². The van der Waals surface area contributed by atoms with Gasteiger partial charge in [-0.2, -0.15) is 0 Å². The average Bonchev–Trinajstić information content (AvgIpc) is 2.61. The first-order valence-electron chi connectivity index (χ1n) is 10.4. The highest BCUT2D eigenvalue weighted by Crippen LogP contribution is 2.07. The molecule has 0 aromatic carbocycles. The molecule has 2 rings (SSSR count). The minimum absolute atomic E-state index is 0.415. The lowest BCUT2D eigenvalue weighted by molar-refractivity contribution is -0.119. The normalized spacial score (nSPS) is 25.7. The fourth-order valence-electron chi connectivity index (χ4n) is 2.90. The number of carbonyl (C=O) groups is 2. The molecular formula is C24H36O2. The SMILES string of the molecule is O=C1CC/C=C\CC/C=C/CCC1.O=C1CC/C=C\CC/C=C/CCC1. The number of allylic oxidation sites excluding steroid dienone is 8. The predicted octanol–water partition coefficient (Wildman–Crippen LogP) is 6.82. The molecular weight excluding hydrogens is 320 g/mol. The van der Waals surface area contributed by atoms with E-state index in [0.29, 0.717) is 11.6 Å². The number of carbonyl (C=O) groups excluding carboxylic acids is 2. The molecule has 0 aromatic heterocycles. The van der Waals surface area contributed by atoms with Crippen LogP contribution in [0.25, 0.3) is 0 Å². The van der Waals surface area contributed by atoms with E-state index in [1.54, 1.807) is 0 Å². The highest BCUT2D eigenvalue weighted by Gasteiger charge is 2.00. The van der Waals surface area contributed by atoms with Crippen molar-refractivity contribution < 1.29 is 9.59 Å². The second-order valence-corrected chi connectivity index (χ2v) is 6.98. The van der Waals surface area contributed by atoms with Gasteiger partial charge in [0, 0.05) is 25.7 Å². The Hall–Kier alpha value is -1.70. The zero-order chi connectivity index (χ0) is 18.7. The van der Waals surface area contributed by atoms with Crippen molar-refractivity contribution in [1.29, 1.82) is 0 Å². The van der Waals surface area contributed by atoms with Crippen molar-refractivity contribution in [3.8, 4) is 0 Å². The van der Waals surface area contributed by atoms with E-state index in [-0.39, 0.29) is 0 Å². The van der Waals surface area contributed by atoms with Gasteiger partial charge in [0.25, 0.3) is 0 Å². The van der Waals surface area contributed by atoms with Gasteiger partial charge >= 0.3 is 0 Å². The summed E-state index contributed by atoms with van der Waals surface area (Å²) in [5.41, 5.74) is 0. The molecule has 0 aliphatic heterocycles. The summed E-state index contributed by atoms with van der Waals surface area (Å²) in [6.07, 6.45) is 31.0. The monoisotopic (exact) mass is 356 g/mol. The zero-order valence-corrected chi connectivity index (χ0v) is 16.3. The van der Waals surface area contributed by atoms with Gasteiger partial charge in [-0.3, -0.25) is 9.59 Å². The molecule has 26 heavy (non-hydrogen) atoms. The lowest BCUT2D eigenvalue weighted by Gasteiger charge is -1.98. The van der Waals surface area contributed by atoms with E-state index in [1.165, 1.54) is 0 Å². The predicted molar refractivity (Wildman–Crippen MR) is 111 cm³/mol. The minimum Gasteiger partial charge on any atom is -0.300 e. The maximum absolute atomic E-state index is 11.2. The molecule has 0 saturated heterocycles. The van der Waals surface area contributed by atoms with Gasteiger partial charge in [0.2, 0.25) is 0 Å². The molecule has 2 heteroatoms. The molecule has 0 N–H and O–H groups in total. The Morgan fingerprint density at radius 3 is 1.08 bits per heavy atom. The second-order valence-electron chi connectivity index (χ2n) is 6.98. The van der Waals surface area contributed by atoms with E-state index >= 15 is 0 Å². The van der Waals surface area contributed by atoms with Crippen LogP contribution >= 0.6 is 0 Å². The summed E-state index contributed by atoms with van der Waals surface area (Å²) < 4.78 is 0. The van der Waals surface area contributed by atoms with E-state index in [9.17, 15) is 9.59 Å². The van der Waals surface area contributed by atoms with E-state index in [4.69, 9.17) is 0 Å². The van der Waals surface area contributed by atoms with E-state index in [1.807, 2.05) is 0 Å². The third-order valence-electron chi connectivity index (χ3n) is 4.50. The summed E-state index contributed by atoms with van der Waals surface area (Å²) in [7, 11) is 0. The summed E-state index contributed by atoms with van der Waals surface area (Å²) >= 11 is 0. The molecule has 2 aliphatic rings. The van der Waals surface area contributed by atoms with Crippen molar-refractivity contribution in [2.24, 2.45) is 0 Å². The van der Waals surface area contributed by atoms with Crippen molar-refractivity contribution in [1.82, 2.24) is 0 Å². The van der Waals surface area contributed by atoms with Gasteiger partial charge in [0.1, 0.15) is 11.6 Å². The first-order valence-corrected chi connectivity index (χ1v) is 10.4. The van der Waals surface area contributed by atoms with Crippen molar-refractivity contribution in [2.75, 3.05) is 0 Å². The fourth-order valence-corrected chi connectivity index (χ4v) is 2.90. The Bertz CT molecular complexity index is 448. The molecule has 0 heterocycles. The number of hydrogen-bond acceptors (Lipinski definition) is 2. The number of ketones is 2. The van der Waals surface area contributed by atoms with Crippen LogP contribution in [0.2, 0.25) is 0 Å². The van der Waals surface area contributed by atoms with Crippen LogP contribution in [0.3, 0.4) is 0 Å². The Morgan fingerprint density at radius 2 is 0.692 bits per heavy atom. The molecule has 0 aromatic rings. The van der Waals surface area contributed by atoms with Crippen molar-refractivity contribution in [3.63, 3.8) is 0 Å². The van der Waals surface area contributed by atoms with Crippen LogP contribution < -0.4 is 0 Å². The van der Waals surface area contributed by atoms with Gasteiger partial charge in [-0.05, 0) is 64.2 Å². The Kier molecular flexibility index (Phi) is 14.4. The van der Waals surface area contributed by atoms with Crippen LogP contribution in [0.4, 0.5) is 0 Å². The van der Waals surface area contributed by atoms with Gasteiger partial charge in [-0.15, -0.1) is 0 Å². The number of rotatable bonds is 0. The van der Waals surface area contributed by atoms with Crippen LogP contribution in [0, 0.1) is 0 Å². The van der Waals surface area contributed by atoms with Gasteiger partial charge < -0.3 is 0 Å². The van der Waals surface area contributed by atoms with E-state index < -0.39 is 0 Å². The third-order valence-corrected chi connectivity index (χ3v) is 4.50. The molecule has 0 radical (unpaired) electrons. The van der Waals surface area contributed by atoms with E-state index in [2.05, 4.69) is 48.6 Å². The smallest absolute Gasteiger partial charge is 0.133 e. The summed E-state index contributed by atoms with van der Waals surface area (Å²) in [4.78, 5) is 22.5. The zero-order valence-electron chi connectivity index (χ0n) is 16.3. The summed E-state index contributed by atoms with van der Waals surface area (Å²) in [5.74, 6) is 0.831. The second kappa shape index (κ2) is 16.8. The number of Topliss-reactive ketones (excluding diaryl/α,β-unsaturated/α-hetero) is 2. The lowest BCUT2D eigenvalue weighted by atomic mass is 10.1. The minimum atomic E-state index is 0.415. The summed E-state index contributed by atoms with van der Waals surface area (Å²) in [6.45, 7) is 0. The Balaban J connectivity index is 0.000000260. The maximum atomic E-state index is 11.2. The molecule has 0 spiro atoms. The van der Waals surface area contributed by atoms with Crippen LogP contribution in [0.15, 0.2) is 48.6 Å². The van der Waals surface area contributed by atoms with Gasteiger partial charge in [0.15, 0.2) is 0 Å². The van der Waals surface area contributed by atoms with Crippen LogP contribution in [0.1, 0.15) is 89.9 Å². The Labute approximate surface area is 160 Å². The van der Waals surface area contributed by atoms with Crippen LogP contribution in [-0.2, 0) is 9.59 Å². The first kappa shape index (κ1) is 22.3. The van der Waals surface area contributed by atoms with Crippen LogP contribution in [0.5, 0.6) is 0 Å². The van der Waals surface area contributed by atoms with Crippen molar-refractivity contribution in [2.45, 2.75) is 89.9 Å². The highest BCUT2D eigenvalue weighted by atomic mass is 16.1. The molecule has 0 unspecified atom stereocenters. The first-order chi connectivity index (χ1) is 12.8. The van der Waals surface area contributed by atoms with Gasteiger partial charge in [0.05, 0.1) is 0 Å². The Morgan fingerprint density at radius 1 is 0.385 bits per heavy atom. The molecule has 0 bridgehead atoms. The largest absolute Gasteiger partial charge is 0.300 e. The molecule has 0 saturated carbocycles. The summed E-state index contributed by atoms with van der Waals surface area (Å²) in [6, 6.07) is 0. The van der Waals surface area contributed by atoms with E-state index in [0.717, 1.165) is 89.9 Å². The van der Waals surface area contributed by atoms with Crippen molar-refractivity contribution >= 4 is 11.6 Å².